The highest BCUT2D eigenvalue weighted by Gasteiger charge is 2.33. The van der Waals surface area contributed by atoms with Gasteiger partial charge in [-0.2, -0.15) is 0 Å². The Hall–Kier alpha value is -3.30. The molecule has 220 valence electrons. The zero-order chi connectivity index (χ0) is 29.2. The van der Waals surface area contributed by atoms with Crippen molar-refractivity contribution in [3.05, 3.63) is 47.5 Å². The Morgan fingerprint density at radius 1 is 0.975 bits per heavy atom. The van der Waals surface area contributed by atoms with Gasteiger partial charge in [-0.1, -0.05) is 25.0 Å². The van der Waals surface area contributed by atoms with E-state index in [0.29, 0.717) is 17.2 Å². The fourth-order valence-electron chi connectivity index (χ4n) is 5.87. The van der Waals surface area contributed by atoms with Gasteiger partial charge in [-0.05, 0) is 72.4 Å². The lowest BCUT2D eigenvalue weighted by atomic mass is 9.70. The number of phenolic OH excluding ortho intramolecular Hbond substituents is 2. The number of aliphatic hydroxyl groups excluding tert-OH is 2. The topological polar surface area (TPSA) is 143 Å². The third-order valence-corrected chi connectivity index (χ3v) is 7.87. The molecule has 0 spiro atoms. The van der Waals surface area contributed by atoms with E-state index in [1.165, 1.54) is 27.2 Å². The number of Topliss-reactive ketones (excluding diaryl/α,β-unsaturated/α-hetero) is 1. The largest absolute Gasteiger partial charge is 0.504 e. The van der Waals surface area contributed by atoms with E-state index in [1.54, 1.807) is 24.3 Å². The van der Waals surface area contributed by atoms with Gasteiger partial charge in [-0.3, -0.25) is 9.59 Å². The van der Waals surface area contributed by atoms with Gasteiger partial charge in [0.2, 0.25) is 0 Å². The molecule has 0 aliphatic heterocycles. The fraction of sp³-hybridized carbons (Fsp3) is 0.548. The molecule has 0 heterocycles. The summed E-state index contributed by atoms with van der Waals surface area (Å²) < 4.78 is 15.9. The van der Waals surface area contributed by atoms with Crippen LogP contribution in [-0.4, -0.2) is 65.2 Å². The summed E-state index contributed by atoms with van der Waals surface area (Å²) in [6, 6.07) is 9.81. The third kappa shape index (κ3) is 8.60. The molecular formula is C31H42O9. The van der Waals surface area contributed by atoms with Crippen molar-refractivity contribution in [2.24, 2.45) is 11.8 Å². The molecule has 2 aromatic rings. The minimum absolute atomic E-state index is 0.0158. The summed E-state index contributed by atoms with van der Waals surface area (Å²) in [5.74, 6) is 0.201. The number of methoxy groups -OCH3 is 2. The van der Waals surface area contributed by atoms with Crippen molar-refractivity contribution in [1.29, 1.82) is 0 Å². The van der Waals surface area contributed by atoms with E-state index < -0.39 is 18.2 Å². The molecule has 1 aliphatic carbocycles. The maximum atomic E-state index is 13.5. The Morgan fingerprint density at radius 2 is 1.65 bits per heavy atom. The Labute approximate surface area is 235 Å². The third-order valence-electron chi connectivity index (χ3n) is 7.87. The standard InChI is InChI=1S/C31H42O9/c1-19(33)40-31(28(37)14-21-7-9-26(35)29(15-21)38-2)18-24(34)17-25(22-6-4-5-20(13-22)11-12-32)23-8-10-27(36)30(16-23)39-3/h7-10,15-16,20,22,25,28,31-32,35-37H,4-6,11-14,17-18H2,1-3H3. The minimum Gasteiger partial charge on any atom is -0.504 e. The van der Waals surface area contributed by atoms with Crippen molar-refractivity contribution in [2.75, 3.05) is 20.8 Å². The molecule has 0 aromatic heterocycles. The van der Waals surface area contributed by atoms with Crippen molar-refractivity contribution < 1.29 is 44.2 Å². The number of phenols is 2. The summed E-state index contributed by atoms with van der Waals surface area (Å²) in [4.78, 5) is 25.4. The smallest absolute Gasteiger partial charge is 0.303 e. The Bertz CT molecular complexity index is 1130. The molecule has 9 heteroatoms. The number of hydrogen-bond acceptors (Lipinski definition) is 9. The lowest BCUT2D eigenvalue weighted by Gasteiger charge is -2.35. The average Bonchev–Trinajstić information content (AvgIpc) is 2.93. The summed E-state index contributed by atoms with van der Waals surface area (Å²) in [5, 5.41) is 40.5. The number of hydrogen-bond donors (Lipinski definition) is 4. The SMILES string of the molecule is COc1cc(CC(O)C(CC(=O)CC(c2ccc(O)c(OC)c2)C2CCCC(CCO)C2)OC(C)=O)ccc1O. The lowest BCUT2D eigenvalue weighted by molar-refractivity contribution is -0.154. The number of carbonyl (C=O) groups excluding carboxylic acids is 2. The van der Waals surface area contributed by atoms with Gasteiger partial charge in [-0.25, -0.2) is 0 Å². The molecule has 2 aromatic carbocycles. The molecule has 5 atom stereocenters. The van der Waals surface area contributed by atoms with E-state index in [1.807, 2.05) is 6.07 Å². The van der Waals surface area contributed by atoms with Crippen LogP contribution < -0.4 is 9.47 Å². The van der Waals surface area contributed by atoms with Gasteiger partial charge in [0.1, 0.15) is 11.9 Å². The summed E-state index contributed by atoms with van der Waals surface area (Å²) in [7, 11) is 2.90. The second-order valence-electron chi connectivity index (χ2n) is 10.7. The Balaban J connectivity index is 1.80. The second kappa shape index (κ2) is 14.9. The molecule has 1 aliphatic rings. The molecule has 1 fully saturated rings. The number of esters is 1. The van der Waals surface area contributed by atoms with Crippen LogP contribution in [0.1, 0.15) is 68.9 Å². The summed E-state index contributed by atoms with van der Waals surface area (Å²) >= 11 is 0. The van der Waals surface area contributed by atoms with E-state index in [0.717, 1.165) is 37.7 Å². The van der Waals surface area contributed by atoms with E-state index in [-0.39, 0.29) is 60.7 Å². The van der Waals surface area contributed by atoms with E-state index in [4.69, 9.17) is 14.2 Å². The Kier molecular flexibility index (Phi) is 11.6. The van der Waals surface area contributed by atoms with Crippen molar-refractivity contribution in [1.82, 2.24) is 0 Å². The predicted octanol–water partition coefficient (Wildman–Crippen LogP) is 4.27. The van der Waals surface area contributed by atoms with Crippen LogP contribution in [0.5, 0.6) is 23.0 Å². The first kappa shape index (κ1) is 31.2. The number of aromatic hydroxyl groups is 2. The monoisotopic (exact) mass is 558 g/mol. The van der Waals surface area contributed by atoms with Gasteiger partial charge in [0.25, 0.3) is 0 Å². The van der Waals surface area contributed by atoms with Crippen LogP contribution in [0.4, 0.5) is 0 Å². The van der Waals surface area contributed by atoms with Gasteiger partial charge >= 0.3 is 5.97 Å². The van der Waals surface area contributed by atoms with Gasteiger partial charge in [0.05, 0.1) is 20.3 Å². The maximum absolute atomic E-state index is 13.5. The molecule has 0 radical (unpaired) electrons. The van der Waals surface area contributed by atoms with E-state index in [2.05, 4.69) is 0 Å². The molecule has 40 heavy (non-hydrogen) atoms. The second-order valence-corrected chi connectivity index (χ2v) is 10.7. The Morgan fingerprint density at radius 3 is 2.30 bits per heavy atom. The van der Waals surface area contributed by atoms with Crippen molar-refractivity contribution >= 4 is 11.8 Å². The number of aliphatic hydroxyl groups is 2. The highest BCUT2D eigenvalue weighted by Crippen LogP contribution is 2.43. The van der Waals surface area contributed by atoms with Crippen molar-refractivity contribution in [2.45, 2.75) is 76.4 Å². The molecular weight excluding hydrogens is 516 g/mol. The molecule has 1 saturated carbocycles. The van der Waals surface area contributed by atoms with Crippen LogP contribution in [0, 0.1) is 11.8 Å². The zero-order valence-electron chi connectivity index (χ0n) is 23.5. The van der Waals surface area contributed by atoms with Crippen LogP contribution in [-0.2, 0) is 20.7 Å². The van der Waals surface area contributed by atoms with Gasteiger partial charge < -0.3 is 34.6 Å². The number of carbonyl (C=O) groups is 2. The zero-order valence-corrected chi connectivity index (χ0v) is 23.5. The van der Waals surface area contributed by atoms with Crippen molar-refractivity contribution in [3.8, 4) is 23.0 Å². The predicted molar refractivity (Wildman–Crippen MR) is 149 cm³/mol. The van der Waals surface area contributed by atoms with Gasteiger partial charge in [-0.15, -0.1) is 0 Å². The van der Waals surface area contributed by atoms with E-state index in [9.17, 15) is 30.0 Å². The molecule has 5 unspecified atom stereocenters. The highest BCUT2D eigenvalue weighted by molar-refractivity contribution is 5.80. The van der Waals surface area contributed by atoms with Crippen molar-refractivity contribution in [3.63, 3.8) is 0 Å². The summed E-state index contributed by atoms with van der Waals surface area (Å²) in [6.45, 7) is 1.37. The van der Waals surface area contributed by atoms with Crippen LogP contribution >= 0.6 is 0 Å². The normalized spacial score (nSPS) is 19.3. The van der Waals surface area contributed by atoms with Gasteiger partial charge in [0, 0.05) is 32.8 Å². The minimum atomic E-state index is -1.15. The summed E-state index contributed by atoms with van der Waals surface area (Å²) in [6.07, 6.45) is 2.47. The number of rotatable bonds is 14. The van der Waals surface area contributed by atoms with Gasteiger partial charge in [0.15, 0.2) is 23.0 Å². The first-order valence-corrected chi connectivity index (χ1v) is 13.9. The number of benzene rings is 2. The number of ketones is 1. The maximum Gasteiger partial charge on any atom is 0.303 e. The van der Waals surface area contributed by atoms with Crippen LogP contribution in [0.15, 0.2) is 36.4 Å². The fourth-order valence-corrected chi connectivity index (χ4v) is 5.87. The average molecular weight is 559 g/mol. The molecule has 9 nitrogen and oxygen atoms in total. The lowest BCUT2D eigenvalue weighted by Crippen LogP contribution is -2.35. The van der Waals surface area contributed by atoms with E-state index >= 15 is 0 Å². The van der Waals surface area contributed by atoms with Crippen LogP contribution in [0.3, 0.4) is 0 Å². The first-order chi connectivity index (χ1) is 19.1. The number of ether oxygens (including phenoxy) is 3. The highest BCUT2D eigenvalue weighted by atomic mass is 16.6. The van der Waals surface area contributed by atoms with Crippen LogP contribution in [0.2, 0.25) is 0 Å². The van der Waals surface area contributed by atoms with Crippen LogP contribution in [0.25, 0.3) is 0 Å². The molecule has 0 saturated heterocycles. The molecule has 0 bridgehead atoms. The molecule has 0 amide bonds. The molecule has 3 rings (SSSR count). The molecule has 4 N–H and O–H groups in total. The first-order valence-electron chi connectivity index (χ1n) is 13.9. The quantitative estimate of drug-likeness (QED) is 0.250. The summed E-state index contributed by atoms with van der Waals surface area (Å²) in [5.41, 5.74) is 1.52.